The number of aryl methyl sites for hydroxylation is 1. The summed E-state index contributed by atoms with van der Waals surface area (Å²) in [4.78, 5) is 24.7. The number of hydrogen-bond acceptors (Lipinski definition) is 3. The number of nitrogens with zero attached hydrogens (tertiary/aromatic N) is 3. The maximum atomic E-state index is 12.3. The minimum atomic E-state index is -1.02. The van der Waals surface area contributed by atoms with Gasteiger partial charge in [0.2, 0.25) is 5.91 Å². The van der Waals surface area contributed by atoms with Crippen LogP contribution in [0.1, 0.15) is 23.7 Å². The highest BCUT2D eigenvalue weighted by atomic mass is 16.4. The van der Waals surface area contributed by atoms with E-state index in [1.54, 1.807) is 4.90 Å². The number of benzene rings is 1. The van der Waals surface area contributed by atoms with Gasteiger partial charge in [0.05, 0.1) is 11.8 Å². The van der Waals surface area contributed by atoms with Crippen molar-refractivity contribution in [2.45, 2.75) is 19.9 Å². The van der Waals surface area contributed by atoms with E-state index in [4.69, 9.17) is 5.11 Å². The van der Waals surface area contributed by atoms with E-state index in [1.807, 2.05) is 37.3 Å². The van der Waals surface area contributed by atoms with Gasteiger partial charge in [0.1, 0.15) is 0 Å². The highest BCUT2D eigenvalue weighted by Crippen LogP contribution is 2.14. The van der Waals surface area contributed by atoms with Crippen LogP contribution in [0.15, 0.2) is 42.7 Å². The van der Waals surface area contributed by atoms with E-state index in [1.165, 1.54) is 17.1 Å². The molecule has 1 aromatic heterocycles. The van der Waals surface area contributed by atoms with Gasteiger partial charge in [-0.1, -0.05) is 18.2 Å². The molecule has 0 saturated heterocycles. The monoisotopic (exact) mass is 287 g/mol. The summed E-state index contributed by atoms with van der Waals surface area (Å²) >= 11 is 0. The molecule has 2 aromatic rings. The van der Waals surface area contributed by atoms with Crippen LogP contribution in [0.25, 0.3) is 0 Å². The molecule has 0 radical (unpaired) electrons. The lowest BCUT2D eigenvalue weighted by Crippen LogP contribution is -2.31. The number of carbonyl (C=O) groups excluding carboxylic acids is 1. The Kier molecular flexibility index (Phi) is 4.71. The first-order valence-electron chi connectivity index (χ1n) is 6.73. The van der Waals surface area contributed by atoms with Crippen molar-refractivity contribution in [1.82, 2.24) is 9.78 Å². The SMILES string of the molecule is CCN(C(=O)CCn1cc(C(=O)O)cn1)c1ccccc1. The highest BCUT2D eigenvalue weighted by Gasteiger charge is 2.14. The zero-order chi connectivity index (χ0) is 15.2. The van der Waals surface area contributed by atoms with Gasteiger partial charge in [0.15, 0.2) is 0 Å². The lowest BCUT2D eigenvalue weighted by molar-refractivity contribution is -0.118. The number of carboxylic acids is 1. The lowest BCUT2D eigenvalue weighted by atomic mass is 10.2. The van der Waals surface area contributed by atoms with Crippen molar-refractivity contribution in [3.63, 3.8) is 0 Å². The van der Waals surface area contributed by atoms with Crippen LogP contribution < -0.4 is 4.90 Å². The molecule has 0 aliphatic rings. The second-order valence-electron chi connectivity index (χ2n) is 4.52. The maximum absolute atomic E-state index is 12.3. The Hall–Kier alpha value is -2.63. The number of para-hydroxylation sites is 1. The second-order valence-corrected chi connectivity index (χ2v) is 4.52. The fourth-order valence-electron chi connectivity index (χ4n) is 2.05. The molecule has 6 nitrogen and oxygen atoms in total. The Labute approximate surface area is 122 Å². The van der Waals surface area contributed by atoms with Gasteiger partial charge >= 0.3 is 5.97 Å². The molecule has 21 heavy (non-hydrogen) atoms. The Morgan fingerprint density at radius 1 is 1.29 bits per heavy atom. The number of aromatic carboxylic acids is 1. The van der Waals surface area contributed by atoms with Gasteiger partial charge < -0.3 is 10.0 Å². The van der Waals surface area contributed by atoms with E-state index in [0.717, 1.165) is 5.69 Å². The lowest BCUT2D eigenvalue weighted by Gasteiger charge is -2.21. The first-order chi connectivity index (χ1) is 10.1. The molecule has 0 aliphatic heterocycles. The van der Waals surface area contributed by atoms with Gasteiger partial charge in [-0.15, -0.1) is 0 Å². The molecule has 110 valence electrons. The van der Waals surface area contributed by atoms with Crippen molar-refractivity contribution < 1.29 is 14.7 Å². The summed E-state index contributed by atoms with van der Waals surface area (Å²) in [7, 11) is 0. The number of hydrogen-bond donors (Lipinski definition) is 1. The smallest absolute Gasteiger partial charge is 0.338 e. The van der Waals surface area contributed by atoms with Crippen LogP contribution in [0.2, 0.25) is 0 Å². The Morgan fingerprint density at radius 3 is 2.57 bits per heavy atom. The van der Waals surface area contributed by atoms with Crippen LogP contribution in [-0.4, -0.2) is 33.3 Å². The van der Waals surface area contributed by atoms with Gasteiger partial charge in [-0.2, -0.15) is 5.10 Å². The summed E-state index contributed by atoms with van der Waals surface area (Å²) in [5.41, 5.74) is 0.981. The normalized spacial score (nSPS) is 10.3. The minimum Gasteiger partial charge on any atom is -0.478 e. The molecule has 1 N–H and O–H groups in total. The van der Waals surface area contributed by atoms with Gasteiger partial charge in [-0.3, -0.25) is 9.48 Å². The van der Waals surface area contributed by atoms with E-state index < -0.39 is 5.97 Å². The molecule has 1 amide bonds. The number of carbonyl (C=O) groups is 2. The van der Waals surface area contributed by atoms with Crippen LogP contribution in [0.5, 0.6) is 0 Å². The average Bonchev–Trinajstić information content (AvgIpc) is 2.96. The van der Waals surface area contributed by atoms with Crippen molar-refractivity contribution >= 4 is 17.6 Å². The third-order valence-corrected chi connectivity index (χ3v) is 3.12. The molecule has 0 bridgehead atoms. The van der Waals surface area contributed by atoms with Crippen molar-refractivity contribution in [1.29, 1.82) is 0 Å². The zero-order valence-corrected chi connectivity index (χ0v) is 11.8. The van der Waals surface area contributed by atoms with Gasteiger partial charge in [0, 0.05) is 31.4 Å². The highest BCUT2D eigenvalue weighted by molar-refractivity contribution is 5.93. The van der Waals surface area contributed by atoms with Gasteiger partial charge in [-0.25, -0.2) is 4.79 Å². The maximum Gasteiger partial charge on any atom is 0.338 e. The van der Waals surface area contributed by atoms with Crippen LogP contribution in [0.4, 0.5) is 5.69 Å². The molecule has 1 heterocycles. The van der Waals surface area contributed by atoms with Gasteiger partial charge in [-0.05, 0) is 19.1 Å². The fraction of sp³-hybridized carbons (Fsp3) is 0.267. The van der Waals surface area contributed by atoms with E-state index in [0.29, 0.717) is 13.1 Å². The molecule has 0 fully saturated rings. The number of amides is 1. The molecule has 0 aliphatic carbocycles. The molecular formula is C15H17N3O3. The molecule has 1 aromatic carbocycles. The summed E-state index contributed by atoms with van der Waals surface area (Å²) in [6.45, 7) is 2.86. The molecule has 6 heteroatoms. The zero-order valence-electron chi connectivity index (χ0n) is 11.8. The van der Waals surface area contributed by atoms with Crippen molar-refractivity contribution in [3.8, 4) is 0 Å². The van der Waals surface area contributed by atoms with Crippen molar-refractivity contribution in [2.24, 2.45) is 0 Å². The van der Waals surface area contributed by atoms with Crippen LogP contribution in [0.3, 0.4) is 0 Å². The van der Waals surface area contributed by atoms with E-state index in [-0.39, 0.29) is 17.9 Å². The van der Waals surface area contributed by atoms with Gasteiger partial charge in [0.25, 0.3) is 0 Å². The minimum absolute atomic E-state index is 0.0175. The summed E-state index contributed by atoms with van der Waals surface area (Å²) < 4.78 is 1.47. The van der Waals surface area contributed by atoms with E-state index in [9.17, 15) is 9.59 Å². The second kappa shape index (κ2) is 6.69. The average molecular weight is 287 g/mol. The largest absolute Gasteiger partial charge is 0.478 e. The number of aromatic nitrogens is 2. The topological polar surface area (TPSA) is 75.4 Å². The molecular weight excluding hydrogens is 270 g/mol. The Balaban J connectivity index is 1.98. The molecule has 0 atom stereocenters. The van der Waals surface area contributed by atoms with E-state index >= 15 is 0 Å². The molecule has 0 unspecified atom stereocenters. The first kappa shape index (κ1) is 14.8. The first-order valence-corrected chi connectivity index (χ1v) is 6.73. The standard InChI is InChI=1S/C15H17N3O3/c1-2-18(13-6-4-3-5-7-13)14(19)8-9-17-11-12(10-16-17)15(20)21/h3-7,10-11H,2,8-9H2,1H3,(H,20,21). The summed E-state index contributed by atoms with van der Waals surface area (Å²) in [5, 5.41) is 12.8. The predicted octanol–water partition coefficient (Wildman–Crippen LogP) is 2.02. The summed E-state index contributed by atoms with van der Waals surface area (Å²) in [5.74, 6) is -1.04. The summed E-state index contributed by atoms with van der Waals surface area (Å²) in [6, 6.07) is 9.45. The Morgan fingerprint density at radius 2 is 2.00 bits per heavy atom. The van der Waals surface area contributed by atoms with Crippen molar-refractivity contribution in [3.05, 3.63) is 48.3 Å². The summed E-state index contributed by atoms with van der Waals surface area (Å²) in [6.07, 6.45) is 2.97. The number of anilines is 1. The quantitative estimate of drug-likeness (QED) is 0.882. The Bertz CT molecular complexity index is 622. The molecule has 0 spiro atoms. The van der Waals surface area contributed by atoms with Crippen LogP contribution in [-0.2, 0) is 11.3 Å². The third-order valence-electron chi connectivity index (χ3n) is 3.12. The number of rotatable bonds is 6. The molecule has 2 rings (SSSR count). The van der Waals surface area contributed by atoms with Crippen LogP contribution >= 0.6 is 0 Å². The molecule has 0 saturated carbocycles. The fourth-order valence-corrected chi connectivity index (χ4v) is 2.05. The van der Waals surface area contributed by atoms with Crippen molar-refractivity contribution in [2.75, 3.05) is 11.4 Å². The van der Waals surface area contributed by atoms with Crippen LogP contribution in [0, 0.1) is 0 Å². The third kappa shape index (κ3) is 3.68. The van der Waals surface area contributed by atoms with E-state index in [2.05, 4.69) is 5.10 Å². The predicted molar refractivity (Wildman–Crippen MR) is 78.3 cm³/mol. The number of carboxylic acid groups (broad SMARTS) is 1.